The summed E-state index contributed by atoms with van der Waals surface area (Å²) in [6, 6.07) is 10.5. The number of hydrogen-bond donors (Lipinski definition) is 2. The van der Waals surface area contributed by atoms with Crippen LogP contribution in [0.25, 0.3) is 0 Å². The SMILES string of the molecule is CC(C)C[C@H](Nc1ccc(C#N)cc1)C(=O)NCC#N. The van der Waals surface area contributed by atoms with Gasteiger partial charge in [-0.25, -0.2) is 0 Å². The first kappa shape index (κ1) is 15.5. The van der Waals surface area contributed by atoms with E-state index in [9.17, 15) is 4.79 Å². The van der Waals surface area contributed by atoms with E-state index in [1.807, 2.05) is 26.0 Å². The highest BCUT2D eigenvalue weighted by Gasteiger charge is 2.19. The van der Waals surface area contributed by atoms with Crippen molar-refractivity contribution in [3.63, 3.8) is 0 Å². The molecule has 0 bridgehead atoms. The fourth-order valence-electron chi connectivity index (χ4n) is 1.79. The molecular weight excluding hydrogens is 252 g/mol. The molecule has 1 aromatic rings. The van der Waals surface area contributed by atoms with Crippen molar-refractivity contribution in [1.82, 2.24) is 5.32 Å². The number of carbonyl (C=O) groups excluding carboxylic acids is 1. The normalized spacial score (nSPS) is 11.2. The van der Waals surface area contributed by atoms with Crippen LogP contribution in [0.5, 0.6) is 0 Å². The molecule has 5 heteroatoms. The number of hydrogen-bond acceptors (Lipinski definition) is 4. The lowest BCUT2D eigenvalue weighted by atomic mass is 10.0. The number of anilines is 1. The minimum atomic E-state index is -0.392. The van der Waals surface area contributed by atoms with Crippen LogP contribution < -0.4 is 10.6 Å². The van der Waals surface area contributed by atoms with Crippen LogP contribution in [0, 0.1) is 28.6 Å². The topological polar surface area (TPSA) is 88.7 Å². The van der Waals surface area contributed by atoms with E-state index in [1.165, 1.54) is 0 Å². The van der Waals surface area contributed by atoms with Crippen molar-refractivity contribution in [3.8, 4) is 12.1 Å². The maximum atomic E-state index is 12.0. The van der Waals surface area contributed by atoms with Gasteiger partial charge in [0.1, 0.15) is 12.6 Å². The number of carbonyl (C=O) groups is 1. The zero-order valence-electron chi connectivity index (χ0n) is 11.7. The molecular formula is C15H18N4O. The van der Waals surface area contributed by atoms with Gasteiger partial charge >= 0.3 is 0 Å². The second-order valence-corrected chi connectivity index (χ2v) is 4.89. The average Bonchev–Trinajstić information content (AvgIpc) is 2.44. The molecule has 0 saturated heterocycles. The molecule has 2 N–H and O–H groups in total. The highest BCUT2D eigenvalue weighted by molar-refractivity contribution is 5.84. The molecule has 5 nitrogen and oxygen atoms in total. The Hall–Kier alpha value is -2.53. The summed E-state index contributed by atoms with van der Waals surface area (Å²) in [6.45, 7) is 4.07. The van der Waals surface area contributed by atoms with Gasteiger partial charge < -0.3 is 10.6 Å². The van der Waals surface area contributed by atoms with E-state index >= 15 is 0 Å². The van der Waals surface area contributed by atoms with Gasteiger partial charge in [-0.15, -0.1) is 0 Å². The molecule has 1 atom stereocenters. The van der Waals surface area contributed by atoms with Crippen molar-refractivity contribution in [2.75, 3.05) is 11.9 Å². The maximum absolute atomic E-state index is 12.0. The summed E-state index contributed by atoms with van der Waals surface area (Å²) in [5.74, 6) is 0.156. The highest BCUT2D eigenvalue weighted by atomic mass is 16.2. The van der Waals surface area contributed by atoms with Gasteiger partial charge in [-0.1, -0.05) is 13.8 Å². The Bertz CT molecular complexity index is 522. The minimum absolute atomic E-state index is 0.00246. The van der Waals surface area contributed by atoms with E-state index in [-0.39, 0.29) is 12.5 Å². The van der Waals surface area contributed by atoms with E-state index in [2.05, 4.69) is 10.6 Å². The Labute approximate surface area is 119 Å². The fraction of sp³-hybridized carbons (Fsp3) is 0.400. The van der Waals surface area contributed by atoms with Crippen LogP contribution in [0.2, 0.25) is 0 Å². The molecule has 1 aromatic carbocycles. The van der Waals surface area contributed by atoms with Crippen LogP contribution in [0.4, 0.5) is 5.69 Å². The summed E-state index contributed by atoms with van der Waals surface area (Å²) in [7, 11) is 0. The van der Waals surface area contributed by atoms with E-state index in [4.69, 9.17) is 10.5 Å². The fourth-order valence-corrected chi connectivity index (χ4v) is 1.79. The number of nitrogens with one attached hydrogen (secondary N) is 2. The van der Waals surface area contributed by atoms with Crippen LogP contribution in [0.1, 0.15) is 25.8 Å². The lowest BCUT2D eigenvalue weighted by Crippen LogP contribution is -2.40. The second kappa shape index (κ2) is 7.81. The Morgan fingerprint density at radius 3 is 2.40 bits per heavy atom. The summed E-state index contributed by atoms with van der Waals surface area (Å²) in [4.78, 5) is 12.0. The largest absolute Gasteiger partial charge is 0.374 e. The van der Waals surface area contributed by atoms with Gasteiger partial charge in [0.05, 0.1) is 17.7 Å². The zero-order valence-corrected chi connectivity index (χ0v) is 11.7. The van der Waals surface area contributed by atoms with Gasteiger partial charge in [0.15, 0.2) is 0 Å². The van der Waals surface area contributed by atoms with Crippen LogP contribution in [-0.4, -0.2) is 18.5 Å². The van der Waals surface area contributed by atoms with Gasteiger partial charge in [0.25, 0.3) is 0 Å². The standard InChI is InChI=1S/C15H18N4O/c1-11(2)9-14(15(20)18-8-7-16)19-13-5-3-12(10-17)4-6-13/h3-6,11,14,19H,8-9H2,1-2H3,(H,18,20)/t14-/m0/s1. The molecule has 0 aliphatic rings. The molecule has 1 amide bonds. The van der Waals surface area contributed by atoms with Gasteiger partial charge in [0.2, 0.25) is 5.91 Å². The molecule has 0 fully saturated rings. The summed E-state index contributed by atoms with van der Waals surface area (Å²) < 4.78 is 0. The first-order valence-electron chi connectivity index (χ1n) is 6.48. The summed E-state index contributed by atoms with van der Waals surface area (Å²) in [5.41, 5.74) is 1.35. The molecule has 0 aliphatic heterocycles. The van der Waals surface area contributed by atoms with E-state index < -0.39 is 6.04 Å². The monoisotopic (exact) mass is 270 g/mol. The summed E-state index contributed by atoms with van der Waals surface area (Å²) >= 11 is 0. The Kier molecular flexibility index (Phi) is 6.06. The van der Waals surface area contributed by atoms with Gasteiger partial charge in [-0.2, -0.15) is 10.5 Å². The van der Waals surface area contributed by atoms with Crippen LogP contribution in [0.3, 0.4) is 0 Å². The number of nitrogens with zero attached hydrogens (tertiary/aromatic N) is 2. The number of benzene rings is 1. The number of nitriles is 2. The smallest absolute Gasteiger partial charge is 0.243 e. The minimum Gasteiger partial charge on any atom is -0.374 e. The quantitative estimate of drug-likeness (QED) is 0.774. The number of amides is 1. The first-order valence-corrected chi connectivity index (χ1v) is 6.48. The maximum Gasteiger partial charge on any atom is 0.243 e. The van der Waals surface area contributed by atoms with Gasteiger partial charge in [-0.3, -0.25) is 4.79 Å². The van der Waals surface area contributed by atoms with E-state index in [0.717, 1.165) is 5.69 Å². The third-order valence-electron chi connectivity index (χ3n) is 2.72. The molecule has 0 spiro atoms. The third-order valence-corrected chi connectivity index (χ3v) is 2.72. The van der Waals surface area contributed by atoms with Gasteiger partial charge in [-0.05, 0) is 36.6 Å². The van der Waals surface area contributed by atoms with Crippen molar-refractivity contribution in [1.29, 1.82) is 10.5 Å². The lowest BCUT2D eigenvalue weighted by molar-refractivity contribution is -0.121. The van der Waals surface area contributed by atoms with Crippen molar-refractivity contribution in [2.45, 2.75) is 26.3 Å². The Morgan fingerprint density at radius 1 is 1.25 bits per heavy atom. The second-order valence-electron chi connectivity index (χ2n) is 4.89. The van der Waals surface area contributed by atoms with Crippen molar-refractivity contribution < 1.29 is 4.79 Å². The Morgan fingerprint density at radius 2 is 1.90 bits per heavy atom. The van der Waals surface area contributed by atoms with Crippen molar-refractivity contribution >= 4 is 11.6 Å². The Balaban J connectivity index is 2.75. The molecule has 104 valence electrons. The predicted octanol–water partition coefficient (Wildman–Crippen LogP) is 2.02. The van der Waals surface area contributed by atoms with Crippen LogP contribution in [-0.2, 0) is 4.79 Å². The van der Waals surface area contributed by atoms with E-state index in [0.29, 0.717) is 17.9 Å². The number of rotatable bonds is 6. The predicted molar refractivity (Wildman–Crippen MR) is 76.6 cm³/mol. The molecule has 0 aliphatic carbocycles. The first-order chi connectivity index (χ1) is 9.56. The molecule has 0 unspecified atom stereocenters. The summed E-state index contributed by atoms with van der Waals surface area (Å²) in [6.07, 6.45) is 0.664. The molecule has 0 saturated carbocycles. The van der Waals surface area contributed by atoms with Crippen molar-refractivity contribution in [3.05, 3.63) is 29.8 Å². The molecule has 1 rings (SSSR count). The zero-order chi connectivity index (χ0) is 15.0. The average molecular weight is 270 g/mol. The molecule has 20 heavy (non-hydrogen) atoms. The molecule has 0 aromatic heterocycles. The van der Waals surface area contributed by atoms with E-state index in [1.54, 1.807) is 24.3 Å². The summed E-state index contributed by atoms with van der Waals surface area (Å²) in [5, 5.41) is 23.0. The third kappa shape index (κ3) is 4.99. The highest BCUT2D eigenvalue weighted by Crippen LogP contribution is 2.14. The molecule has 0 radical (unpaired) electrons. The van der Waals surface area contributed by atoms with Crippen molar-refractivity contribution in [2.24, 2.45) is 5.92 Å². The molecule has 0 heterocycles. The van der Waals surface area contributed by atoms with Crippen LogP contribution >= 0.6 is 0 Å². The van der Waals surface area contributed by atoms with Gasteiger partial charge in [0, 0.05) is 5.69 Å². The van der Waals surface area contributed by atoms with Crippen LogP contribution in [0.15, 0.2) is 24.3 Å². The lowest BCUT2D eigenvalue weighted by Gasteiger charge is -2.20.